The number of unbranched alkanes of at least 4 members (excludes halogenated alkanes) is 1. The number of ether oxygens (including phenoxy) is 1. The van der Waals surface area contributed by atoms with Gasteiger partial charge in [-0.15, -0.1) is 0 Å². The maximum Gasteiger partial charge on any atom is 0.435 e. The second-order valence-corrected chi connectivity index (χ2v) is 4.91. The third kappa shape index (κ3) is 3.58. The number of aryl methyl sites for hydroxylation is 1. The first kappa shape index (κ1) is 16.3. The van der Waals surface area contributed by atoms with Crippen LogP contribution in [0, 0.1) is 12.7 Å². The number of rotatable bonds is 5. The van der Waals surface area contributed by atoms with Crippen molar-refractivity contribution in [3.8, 4) is 11.6 Å². The Hall–Kier alpha value is -2.05. The SMILES string of the molecule is CCCCOc1cc(C(F)(F)F)nn1-c1ccc(F)cc1C. The van der Waals surface area contributed by atoms with E-state index in [4.69, 9.17) is 4.74 Å². The zero-order valence-electron chi connectivity index (χ0n) is 12.2. The Kier molecular flexibility index (Phi) is 4.73. The lowest BCUT2D eigenvalue weighted by Gasteiger charge is -2.11. The summed E-state index contributed by atoms with van der Waals surface area (Å²) in [6.45, 7) is 3.84. The monoisotopic (exact) mass is 316 g/mol. The molecule has 0 aliphatic heterocycles. The highest BCUT2D eigenvalue weighted by Gasteiger charge is 2.35. The number of alkyl halides is 3. The Balaban J connectivity index is 2.45. The number of hydrogen-bond acceptors (Lipinski definition) is 2. The first-order valence-corrected chi connectivity index (χ1v) is 6.89. The van der Waals surface area contributed by atoms with Gasteiger partial charge in [0.25, 0.3) is 0 Å². The lowest BCUT2D eigenvalue weighted by atomic mass is 10.2. The van der Waals surface area contributed by atoms with Crippen molar-refractivity contribution in [1.82, 2.24) is 9.78 Å². The third-order valence-corrected chi connectivity index (χ3v) is 3.10. The Labute approximate surface area is 125 Å². The van der Waals surface area contributed by atoms with E-state index in [1.807, 2.05) is 6.92 Å². The van der Waals surface area contributed by atoms with E-state index >= 15 is 0 Å². The van der Waals surface area contributed by atoms with Crippen molar-refractivity contribution in [3.63, 3.8) is 0 Å². The summed E-state index contributed by atoms with van der Waals surface area (Å²) in [5, 5.41) is 3.57. The maximum absolute atomic E-state index is 13.2. The summed E-state index contributed by atoms with van der Waals surface area (Å²) in [6, 6.07) is 4.65. The molecule has 1 heterocycles. The number of nitrogens with zero attached hydrogens (tertiary/aromatic N) is 2. The van der Waals surface area contributed by atoms with Crippen LogP contribution in [0.5, 0.6) is 5.88 Å². The summed E-state index contributed by atoms with van der Waals surface area (Å²) in [4.78, 5) is 0. The van der Waals surface area contributed by atoms with Crippen LogP contribution in [-0.4, -0.2) is 16.4 Å². The van der Waals surface area contributed by atoms with Gasteiger partial charge in [-0.3, -0.25) is 0 Å². The smallest absolute Gasteiger partial charge is 0.435 e. The first-order chi connectivity index (χ1) is 10.3. The molecule has 0 atom stereocenters. The minimum absolute atomic E-state index is 0.00418. The van der Waals surface area contributed by atoms with Gasteiger partial charge >= 0.3 is 6.18 Å². The van der Waals surface area contributed by atoms with Gasteiger partial charge in [-0.2, -0.15) is 18.3 Å². The molecule has 0 saturated carbocycles. The lowest BCUT2D eigenvalue weighted by molar-refractivity contribution is -0.141. The molecule has 0 unspecified atom stereocenters. The van der Waals surface area contributed by atoms with Crippen LogP contribution in [0.2, 0.25) is 0 Å². The highest BCUT2D eigenvalue weighted by Crippen LogP contribution is 2.32. The van der Waals surface area contributed by atoms with Gasteiger partial charge in [-0.25, -0.2) is 9.07 Å². The Morgan fingerprint density at radius 3 is 2.55 bits per heavy atom. The molecule has 3 nitrogen and oxygen atoms in total. The fraction of sp³-hybridized carbons (Fsp3) is 0.400. The summed E-state index contributed by atoms with van der Waals surface area (Å²) in [5.74, 6) is -0.464. The van der Waals surface area contributed by atoms with Gasteiger partial charge in [0.15, 0.2) is 5.69 Å². The second kappa shape index (κ2) is 6.37. The van der Waals surface area contributed by atoms with E-state index in [1.54, 1.807) is 6.92 Å². The zero-order chi connectivity index (χ0) is 16.3. The fourth-order valence-corrected chi connectivity index (χ4v) is 1.96. The van der Waals surface area contributed by atoms with E-state index in [1.165, 1.54) is 18.2 Å². The molecule has 7 heteroatoms. The number of halogens is 4. The molecule has 0 amide bonds. The second-order valence-electron chi connectivity index (χ2n) is 4.91. The van der Waals surface area contributed by atoms with Gasteiger partial charge in [0.05, 0.1) is 12.3 Å². The summed E-state index contributed by atoms with van der Waals surface area (Å²) < 4.78 is 58.2. The third-order valence-electron chi connectivity index (χ3n) is 3.10. The van der Waals surface area contributed by atoms with Crippen molar-refractivity contribution in [2.45, 2.75) is 32.9 Å². The molecule has 0 saturated heterocycles. The normalized spacial score (nSPS) is 11.7. The van der Waals surface area contributed by atoms with Gasteiger partial charge in [0.2, 0.25) is 5.88 Å². The maximum atomic E-state index is 13.2. The Morgan fingerprint density at radius 2 is 1.95 bits per heavy atom. The number of aromatic nitrogens is 2. The van der Waals surface area contributed by atoms with Crippen molar-refractivity contribution in [2.24, 2.45) is 0 Å². The molecular formula is C15H16F4N2O. The molecule has 0 bridgehead atoms. The molecule has 0 aliphatic rings. The van der Waals surface area contributed by atoms with Gasteiger partial charge in [-0.05, 0) is 37.1 Å². The molecule has 0 aliphatic carbocycles. The minimum atomic E-state index is -4.57. The van der Waals surface area contributed by atoms with Crippen molar-refractivity contribution < 1.29 is 22.3 Å². The average molecular weight is 316 g/mol. The quantitative estimate of drug-likeness (QED) is 0.599. The number of hydrogen-bond donors (Lipinski definition) is 0. The molecule has 1 aromatic carbocycles. The topological polar surface area (TPSA) is 27.1 Å². The predicted octanol–water partition coefficient (Wildman–Crippen LogP) is 4.52. The summed E-state index contributed by atoms with van der Waals surface area (Å²) in [5.41, 5.74) is -0.219. The van der Waals surface area contributed by atoms with Crippen molar-refractivity contribution >= 4 is 0 Å². The van der Waals surface area contributed by atoms with Crippen molar-refractivity contribution in [2.75, 3.05) is 6.61 Å². The molecule has 22 heavy (non-hydrogen) atoms. The highest BCUT2D eigenvalue weighted by molar-refractivity contribution is 5.43. The van der Waals surface area contributed by atoms with Crippen LogP contribution < -0.4 is 4.74 Å². The van der Waals surface area contributed by atoms with Gasteiger partial charge in [0, 0.05) is 6.07 Å². The molecule has 1 aromatic heterocycles. The van der Waals surface area contributed by atoms with Crippen LogP contribution in [0.15, 0.2) is 24.3 Å². The molecule has 120 valence electrons. The highest BCUT2D eigenvalue weighted by atomic mass is 19.4. The van der Waals surface area contributed by atoms with Crippen LogP contribution in [-0.2, 0) is 6.18 Å². The molecule has 0 radical (unpaired) electrons. The molecule has 0 N–H and O–H groups in total. The van der Waals surface area contributed by atoms with Gasteiger partial charge in [0.1, 0.15) is 5.82 Å². The van der Waals surface area contributed by atoms with Crippen LogP contribution in [0.25, 0.3) is 5.69 Å². The lowest BCUT2D eigenvalue weighted by Crippen LogP contribution is -2.08. The van der Waals surface area contributed by atoms with E-state index < -0.39 is 17.7 Å². The van der Waals surface area contributed by atoms with E-state index in [2.05, 4.69) is 5.10 Å². The van der Waals surface area contributed by atoms with Crippen LogP contribution in [0.1, 0.15) is 31.0 Å². The van der Waals surface area contributed by atoms with Gasteiger partial charge < -0.3 is 4.74 Å². The fourth-order valence-electron chi connectivity index (χ4n) is 1.96. The number of benzene rings is 1. The molecule has 2 rings (SSSR count). The molecule has 2 aromatic rings. The summed E-state index contributed by atoms with van der Waals surface area (Å²) in [6.07, 6.45) is -2.99. The van der Waals surface area contributed by atoms with Crippen molar-refractivity contribution in [1.29, 1.82) is 0 Å². The standard InChI is InChI=1S/C15H16F4N2O/c1-3-4-7-22-14-9-13(15(17,18)19)20-21(14)12-6-5-11(16)8-10(12)2/h5-6,8-9H,3-4,7H2,1-2H3. The summed E-state index contributed by atoms with van der Waals surface area (Å²) in [7, 11) is 0. The van der Waals surface area contributed by atoms with E-state index in [-0.39, 0.29) is 5.88 Å². The van der Waals surface area contributed by atoms with Crippen molar-refractivity contribution in [3.05, 3.63) is 41.3 Å². The van der Waals surface area contributed by atoms with E-state index in [9.17, 15) is 17.6 Å². The van der Waals surface area contributed by atoms with E-state index in [0.29, 0.717) is 17.9 Å². The van der Waals surface area contributed by atoms with Crippen LogP contribution in [0.4, 0.5) is 17.6 Å². The Morgan fingerprint density at radius 1 is 1.23 bits per heavy atom. The first-order valence-electron chi connectivity index (χ1n) is 6.89. The Bertz CT molecular complexity index is 649. The summed E-state index contributed by atoms with van der Waals surface area (Å²) >= 11 is 0. The predicted molar refractivity (Wildman–Crippen MR) is 73.7 cm³/mol. The molecular weight excluding hydrogens is 300 g/mol. The van der Waals surface area contributed by atoms with Crippen LogP contribution >= 0.6 is 0 Å². The van der Waals surface area contributed by atoms with Crippen LogP contribution in [0.3, 0.4) is 0 Å². The van der Waals surface area contributed by atoms with E-state index in [0.717, 1.165) is 23.6 Å². The zero-order valence-corrected chi connectivity index (χ0v) is 12.2. The largest absolute Gasteiger partial charge is 0.478 e. The van der Waals surface area contributed by atoms with Gasteiger partial charge in [-0.1, -0.05) is 13.3 Å². The minimum Gasteiger partial charge on any atom is -0.478 e. The average Bonchev–Trinajstić information content (AvgIpc) is 2.83. The molecule has 0 fully saturated rings. The molecule has 0 spiro atoms.